The Bertz CT molecular complexity index is 250. The molecule has 0 spiro atoms. The summed E-state index contributed by atoms with van der Waals surface area (Å²) in [5.74, 6) is 0. The molecule has 1 saturated heterocycles. The van der Waals surface area contributed by atoms with E-state index in [0.29, 0.717) is 19.6 Å². The van der Waals surface area contributed by atoms with Crippen LogP contribution < -0.4 is 0 Å². The number of nitrogens with zero attached hydrogens (tertiary/aromatic N) is 4. The van der Waals surface area contributed by atoms with Gasteiger partial charge in [0.2, 0.25) is 0 Å². The fourth-order valence-corrected chi connectivity index (χ4v) is 1.91. The number of morpholine rings is 1. The molecule has 0 radical (unpaired) electrons. The second-order valence-corrected chi connectivity index (χ2v) is 4.37. The first-order valence-corrected chi connectivity index (χ1v) is 5.09. The summed E-state index contributed by atoms with van der Waals surface area (Å²) < 4.78 is 5.66. The Hall–Kier alpha value is -0.810. The van der Waals surface area contributed by atoms with Crippen molar-refractivity contribution in [2.45, 2.75) is 25.6 Å². The van der Waals surface area contributed by atoms with E-state index in [0.717, 1.165) is 6.54 Å². The normalized spacial score (nSPS) is 25.9. The molecule has 0 aliphatic carbocycles. The van der Waals surface area contributed by atoms with E-state index in [9.17, 15) is 0 Å². The number of aliphatic hydroxyl groups excluding tert-OH is 1. The van der Waals surface area contributed by atoms with Crippen LogP contribution in [0.15, 0.2) is 5.11 Å². The molecule has 6 heteroatoms. The topological polar surface area (TPSA) is 81.5 Å². The molecule has 0 saturated carbocycles. The van der Waals surface area contributed by atoms with Gasteiger partial charge in [-0.3, -0.25) is 4.90 Å². The van der Waals surface area contributed by atoms with Gasteiger partial charge in [0, 0.05) is 31.1 Å². The predicted molar refractivity (Wildman–Crippen MR) is 56.5 cm³/mol. The average Bonchev–Trinajstić information content (AvgIpc) is 2.16. The molecule has 0 aromatic rings. The molecule has 1 rings (SSSR count). The summed E-state index contributed by atoms with van der Waals surface area (Å²) in [6.07, 6.45) is -0.139. The summed E-state index contributed by atoms with van der Waals surface area (Å²) in [5, 5.41) is 12.6. The van der Waals surface area contributed by atoms with Gasteiger partial charge in [-0.25, -0.2) is 0 Å². The quantitative estimate of drug-likeness (QED) is 0.426. The minimum absolute atomic E-state index is 0.0292. The van der Waals surface area contributed by atoms with Crippen molar-refractivity contribution in [1.82, 2.24) is 4.90 Å². The van der Waals surface area contributed by atoms with Gasteiger partial charge in [-0.05, 0) is 19.4 Å². The Kier molecular flexibility index (Phi) is 4.35. The molecule has 1 heterocycles. The number of azide groups is 1. The Morgan fingerprint density at radius 2 is 2.40 bits per heavy atom. The maximum Gasteiger partial charge on any atom is 0.0940 e. The van der Waals surface area contributed by atoms with Crippen LogP contribution in [0, 0.1) is 0 Å². The van der Waals surface area contributed by atoms with Gasteiger partial charge in [0.25, 0.3) is 0 Å². The van der Waals surface area contributed by atoms with Gasteiger partial charge >= 0.3 is 0 Å². The summed E-state index contributed by atoms with van der Waals surface area (Å²) in [7, 11) is 0. The molecule has 0 aromatic carbocycles. The van der Waals surface area contributed by atoms with Gasteiger partial charge in [0.15, 0.2) is 0 Å². The second kappa shape index (κ2) is 5.32. The molecule has 1 fully saturated rings. The van der Waals surface area contributed by atoms with Gasteiger partial charge in [0.05, 0.1) is 18.3 Å². The number of ether oxygens (including phenoxy) is 1. The summed E-state index contributed by atoms with van der Waals surface area (Å²) in [6, 6.07) is 0. The van der Waals surface area contributed by atoms with Gasteiger partial charge in [-0.2, -0.15) is 0 Å². The molecule has 0 amide bonds. The molecule has 6 nitrogen and oxygen atoms in total. The van der Waals surface area contributed by atoms with Crippen LogP contribution in [-0.2, 0) is 4.74 Å². The summed E-state index contributed by atoms with van der Waals surface area (Å²) in [6.45, 7) is 6.69. The van der Waals surface area contributed by atoms with Crippen LogP contribution >= 0.6 is 0 Å². The molecule has 15 heavy (non-hydrogen) atoms. The third kappa shape index (κ3) is 4.05. The van der Waals surface area contributed by atoms with Crippen molar-refractivity contribution >= 4 is 0 Å². The van der Waals surface area contributed by atoms with Crippen LogP contribution in [0.5, 0.6) is 0 Å². The van der Waals surface area contributed by atoms with Crippen LogP contribution in [0.3, 0.4) is 0 Å². The Labute approximate surface area is 89.5 Å². The summed E-state index contributed by atoms with van der Waals surface area (Å²) >= 11 is 0. The first-order valence-electron chi connectivity index (χ1n) is 5.09. The molecule has 1 unspecified atom stereocenters. The lowest BCUT2D eigenvalue weighted by atomic mass is 10.1. The molecular formula is C9H18N4O2. The third-order valence-corrected chi connectivity index (χ3v) is 2.34. The van der Waals surface area contributed by atoms with Crippen molar-refractivity contribution in [3.63, 3.8) is 0 Å². The molecule has 86 valence electrons. The van der Waals surface area contributed by atoms with Gasteiger partial charge in [0.1, 0.15) is 0 Å². The minimum atomic E-state index is -0.248. The third-order valence-electron chi connectivity index (χ3n) is 2.34. The average molecular weight is 214 g/mol. The maximum absolute atomic E-state index is 9.08. The molecule has 1 N–H and O–H groups in total. The zero-order valence-electron chi connectivity index (χ0n) is 9.26. The van der Waals surface area contributed by atoms with E-state index in [2.05, 4.69) is 14.9 Å². The monoisotopic (exact) mass is 214 g/mol. The van der Waals surface area contributed by atoms with Crippen LogP contribution in [0.25, 0.3) is 10.4 Å². The van der Waals surface area contributed by atoms with Gasteiger partial charge in [-0.15, -0.1) is 0 Å². The lowest BCUT2D eigenvalue weighted by Crippen LogP contribution is -2.54. The minimum Gasteiger partial charge on any atom is -0.394 e. The van der Waals surface area contributed by atoms with Crippen LogP contribution in [0.1, 0.15) is 13.8 Å². The highest BCUT2D eigenvalue weighted by Crippen LogP contribution is 2.20. The van der Waals surface area contributed by atoms with Crippen molar-refractivity contribution in [2.75, 3.05) is 32.8 Å². The molecular weight excluding hydrogens is 196 g/mol. The fraction of sp³-hybridized carbons (Fsp3) is 1.00. The van der Waals surface area contributed by atoms with E-state index in [4.69, 9.17) is 15.4 Å². The lowest BCUT2D eigenvalue weighted by Gasteiger charge is -2.42. The van der Waals surface area contributed by atoms with Gasteiger partial charge in [-0.1, -0.05) is 5.11 Å². The molecule has 0 aromatic heterocycles. The molecule has 1 aliphatic heterocycles. The molecule has 0 bridgehead atoms. The van der Waals surface area contributed by atoms with E-state index in [1.165, 1.54) is 0 Å². The zero-order chi connectivity index (χ0) is 11.3. The number of rotatable bonds is 4. The highest BCUT2D eigenvalue weighted by Gasteiger charge is 2.32. The standard InChI is InChI=1S/C9H18N4O2/c1-9(2)7-13(4-3-11-12-10)5-8(6-14)15-9/h8,14H,3-7H2,1-2H3. The van der Waals surface area contributed by atoms with Crippen molar-refractivity contribution in [3.05, 3.63) is 10.4 Å². The number of hydrogen-bond acceptors (Lipinski definition) is 4. The van der Waals surface area contributed by atoms with Crippen LogP contribution in [0.4, 0.5) is 0 Å². The predicted octanol–water partition coefficient (Wildman–Crippen LogP) is 0.768. The van der Waals surface area contributed by atoms with E-state index in [-0.39, 0.29) is 18.3 Å². The van der Waals surface area contributed by atoms with Crippen molar-refractivity contribution in [2.24, 2.45) is 5.11 Å². The Morgan fingerprint density at radius 3 is 3.00 bits per heavy atom. The van der Waals surface area contributed by atoms with Crippen LogP contribution in [0.2, 0.25) is 0 Å². The SMILES string of the molecule is CC1(C)CN(CCN=[N+]=[N-])CC(CO)O1. The molecule has 1 atom stereocenters. The first-order chi connectivity index (χ1) is 7.07. The maximum atomic E-state index is 9.08. The molecule has 1 aliphatic rings. The Morgan fingerprint density at radius 1 is 1.67 bits per heavy atom. The fourth-order valence-electron chi connectivity index (χ4n) is 1.91. The first kappa shape index (κ1) is 12.3. The number of hydrogen-bond donors (Lipinski definition) is 1. The van der Waals surface area contributed by atoms with E-state index in [1.807, 2.05) is 13.8 Å². The highest BCUT2D eigenvalue weighted by atomic mass is 16.5. The number of aliphatic hydroxyl groups is 1. The van der Waals surface area contributed by atoms with Gasteiger partial charge < -0.3 is 9.84 Å². The largest absolute Gasteiger partial charge is 0.394 e. The van der Waals surface area contributed by atoms with E-state index in [1.54, 1.807) is 0 Å². The Balaban J connectivity index is 2.46. The second-order valence-electron chi connectivity index (χ2n) is 4.37. The van der Waals surface area contributed by atoms with Crippen molar-refractivity contribution < 1.29 is 9.84 Å². The van der Waals surface area contributed by atoms with Crippen molar-refractivity contribution in [3.8, 4) is 0 Å². The van der Waals surface area contributed by atoms with E-state index >= 15 is 0 Å². The lowest BCUT2D eigenvalue weighted by molar-refractivity contribution is -0.148. The zero-order valence-corrected chi connectivity index (χ0v) is 9.26. The van der Waals surface area contributed by atoms with Crippen molar-refractivity contribution in [1.29, 1.82) is 0 Å². The summed E-state index contributed by atoms with van der Waals surface area (Å²) in [4.78, 5) is 4.87. The highest BCUT2D eigenvalue weighted by molar-refractivity contribution is 4.84. The van der Waals surface area contributed by atoms with E-state index < -0.39 is 0 Å². The van der Waals surface area contributed by atoms with Crippen LogP contribution in [-0.4, -0.2) is 54.5 Å². The summed E-state index contributed by atoms with van der Waals surface area (Å²) in [5.41, 5.74) is 7.92. The smallest absolute Gasteiger partial charge is 0.0940 e.